The summed E-state index contributed by atoms with van der Waals surface area (Å²) < 4.78 is 39.7. The van der Waals surface area contributed by atoms with Crippen LogP contribution in [-0.4, -0.2) is 31.8 Å². The third-order valence-electron chi connectivity index (χ3n) is 2.52. The number of carbonyl (C=O) groups is 1. The second-order valence-electron chi connectivity index (χ2n) is 4.17. The van der Waals surface area contributed by atoms with E-state index in [0.29, 0.717) is 6.54 Å². The summed E-state index contributed by atoms with van der Waals surface area (Å²) in [6.07, 6.45) is -4.20. The molecule has 0 aliphatic rings. The van der Waals surface area contributed by atoms with Crippen molar-refractivity contribution in [3.8, 4) is 0 Å². The van der Waals surface area contributed by atoms with Gasteiger partial charge in [-0.2, -0.15) is 13.2 Å². The van der Waals surface area contributed by atoms with Gasteiger partial charge in [-0.15, -0.1) is 0 Å². The predicted molar refractivity (Wildman–Crippen MR) is 67.9 cm³/mol. The third-order valence-corrected chi connectivity index (χ3v) is 2.52. The zero-order valence-electron chi connectivity index (χ0n) is 10.9. The molecule has 0 saturated carbocycles. The Morgan fingerprint density at radius 3 is 2.50 bits per heavy atom. The zero-order valence-corrected chi connectivity index (χ0v) is 10.9. The summed E-state index contributed by atoms with van der Waals surface area (Å²) in [6, 6.07) is 7.25. The molecular weight excluding hydrogens is 273 g/mol. The number of carbonyl (C=O) groups excluding carboxylic acids is 1. The molecule has 20 heavy (non-hydrogen) atoms. The Bertz CT molecular complexity index is 436. The van der Waals surface area contributed by atoms with Gasteiger partial charge in [0, 0.05) is 13.1 Å². The van der Waals surface area contributed by atoms with Crippen LogP contribution in [0.1, 0.15) is 11.1 Å². The van der Waals surface area contributed by atoms with Gasteiger partial charge in [-0.1, -0.05) is 24.3 Å². The molecule has 0 aliphatic heterocycles. The first-order valence-electron chi connectivity index (χ1n) is 6.10. The predicted octanol–water partition coefficient (Wildman–Crippen LogP) is 1.38. The number of amides is 1. The Morgan fingerprint density at radius 1 is 1.25 bits per heavy atom. The van der Waals surface area contributed by atoms with Crippen molar-refractivity contribution in [1.82, 2.24) is 5.32 Å². The molecule has 0 atom stereocenters. The maximum Gasteiger partial charge on any atom is 0.411 e. The van der Waals surface area contributed by atoms with Crippen molar-refractivity contribution in [3.05, 3.63) is 35.4 Å². The molecule has 1 aromatic rings. The van der Waals surface area contributed by atoms with E-state index in [1.165, 1.54) is 0 Å². The highest BCUT2D eigenvalue weighted by Gasteiger charge is 2.27. The van der Waals surface area contributed by atoms with E-state index in [2.05, 4.69) is 10.1 Å². The quantitative estimate of drug-likeness (QED) is 0.746. The van der Waals surface area contributed by atoms with Gasteiger partial charge in [0.15, 0.2) is 0 Å². The molecule has 4 nitrogen and oxygen atoms in total. The molecule has 1 amide bonds. The van der Waals surface area contributed by atoms with Crippen molar-refractivity contribution in [2.24, 2.45) is 5.73 Å². The fraction of sp³-hybridized carbons (Fsp3) is 0.462. The molecule has 3 N–H and O–H groups in total. The van der Waals surface area contributed by atoms with E-state index < -0.39 is 12.8 Å². The molecule has 1 rings (SSSR count). The van der Waals surface area contributed by atoms with Gasteiger partial charge < -0.3 is 15.8 Å². The van der Waals surface area contributed by atoms with Crippen LogP contribution in [0, 0.1) is 0 Å². The molecule has 7 heteroatoms. The molecule has 0 fully saturated rings. The standard InChI is InChI=1S/C13H17F3N2O2/c14-13(15,16)9-20-6-5-18-12(19)7-10-3-1-2-4-11(10)8-17/h1-4H,5-9,17H2,(H,18,19). The number of rotatable bonds is 7. The summed E-state index contributed by atoms with van der Waals surface area (Å²) >= 11 is 0. The molecule has 1 aromatic carbocycles. The fourth-order valence-electron chi connectivity index (χ4n) is 1.62. The molecule has 0 aromatic heterocycles. The van der Waals surface area contributed by atoms with Crippen molar-refractivity contribution in [2.45, 2.75) is 19.1 Å². The van der Waals surface area contributed by atoms with Gasteiger partial charge in [0.25, 0.3) is 0 Å². The van der Waals surface area contributed by atoms with Crippen LogP contribution < -0.4 is 11.1 Å². The SMILES string of the molecule is NCc1ccccc1CC(=O)NCCOCC(F)(F)F. The van der Waals surface area contributed by atoms with Gasteiger partial charge in [-0.05, 0) is 11.1 Å². The highest BCUT2D eigenvalue weighted by Crippen LogP contribution is 2.14. The van der Waals surface area contributed by atoms with Crippen molar-refractivity contribution < 1.29 is 22.7 Å². The van der Waals surface area contributed by atoms with E-state index in [0.717, 1.165) is 11.1 Å². The van der Waals surface area contributed by atoms with E-state index >= 15 is 0 Å². The third kappa shape index (κ3) is 6.53. The average molecular weight is 290 g/mol. The number of hydrogen-bond acceptors (Lipinski definition) is 3. The minimum atomic E-state index is -4.34. The lowest BCUT2D eigenvalue weighted by Gasteiger charge is -2.10. The largest absolute Gasteiger partial charge is 0.411 e. The van der Waals surface area contributed by atoms with Crippen LogP contribution in [0.15, 0.2) is 24.3 Å². The van der Waals surface area contributed by atoms with Crippen LogP contribution in [0.2, 0.25) is 0 Å². The number of ether oxygens (including phenoxy) is 1. The summed E-state index contributed by atoms with van der Waals surface area (Å²) in [5.74, 6) is -0.276. The first kappa shape index (κ1) is 16.5. The minimum absolute atomic E-state index is 0.0414. The Morgan fingerprint density at radius 2 is 1.90 bits per heavy atom. The average Bonchev–Trinajstić information content (AvgIpc) is 2.37. The van der Waals surface area contributed by atoms with Crippen LogP contribution in [0.4, 0.5) is 13.2 Å². The Kier molecular flexibility index (Phi) is 6.47. The second-order valence-corrected chi connectivity index (χ2v) is 4.17. The summed E-state index contributed by atoms with van der Waals surface area (Å²) in [5, 5.41) is 2.50. The van der Waals surface area contributed by atoms with Crippen LogP contribution >= 0.6 is 0 Å². The number of nitrogens with one attached hydrogen (secondary N) is 1. The van der Waals surface area contributed by atoms with Crippen LogP contribution in [-0.2, 0) is 22.5 Å². The summed E-state index contributed by atoms with van der Waals surface area (Å²) in [5.41, 5.74) is 7.23. The Hall–Kier alpha value is -1.60. The molecule has 0 spiro atoms. The first-order valence-corrected chi connectivity index (χ1v) is 6.10. The number of hydrogen-bond donors (Lipinski definition) is 2. The zero-order chi connectivity index (χ0) is 15.0. The van der Waals surface area contributed by atoms with E-state index in [1.54, 1.807) is 12.1 Å². The van der Waals surface area contributed by atoms with Gasteiger partial charge in [0.2, 0.25) is 5.91 Å². The van der Waals surface area contributed by atoms with E-state index in [1.807, 2.05) is 12.1 Å². The number of halogens is 3. The topological polar surface area (TPSA) is 64.4 Å². The second kappa shape index (κ2) is 7.86. The highest BCUT2D eigenvalue weighted by atomic mass is 19.4. The lowest BCUT2D eigenvalue weighted by molar-refractivity contribution is -0.173. The monoisotopic (exact) mass is 290 g/mol. The highest BCUT2D eigenvalue weighted by molar-refractivity contribution is 5.78. The molecular formula is C13H17F3N2O2. The van der Waals surface area contributed by atoms with Gasteiger partial charge >= 0.3 is 6.18 Å². The summed E-state index contributed by atoms with van der Waals surface area (Å²) in [4.78, 5) is 11.6. The van der Waals surface area contributed by atoms with E-state index in [9.17, 15) is 18.0 Å². The van der Waals surface area contributed by atoms with Crippen molar-refractivity contribution in [1.29, 1.82) is 0 Å². The minimum Gasteiger partial charge on any atom is -0.370 e. The molecule has 0 saturated heterocycles. The smallest absolute Gasteiger partial charge is 0.370 e. The number of alkyl halides is 3. The number of benzene rings is 1. The van der Waals surface area contributed by atoms with Crippen LogP contribution in [0.3, 0.4) is 0 Å². The van der Waals surface area contributed by atoms with Crippen LogP contribution in [0.5, 0.6) is 0 Å². The van der Waals surface area contributed by atoms with Crippen molar-refractivity contribution >= 4 is 5.91 Å². The maximum atomic E-state index is 11.8. The lowest BCUT2D eigenvalue weighted by atomic mass is 10.0. The molecule has 0 heterocycles. The molecule has 0 aliphatic carbocycles. The van der Waals surface area contributed by atoms with Gasteiger partial charge in [0.05, 0.1) is 13.0 Å². The maximum absolute atomic E-state index is 11.8. The summed E-state index contributed by atoms with van der Waals surface area (Å²) in [6.45, 7) is -1.11. The molecule has 112 valence electrons. The summed E-state index contributed by atoms with van der Waals surface area (Å²) in [7, 11) is 0. The van der Waals surface area contributed by atoms with Crippen molar-refractivity contribution in [3.63, 3.8) is 0 Å². The number of nitrogens with two attached hydrogens (primary N) is 1. The van der Waals surface area contributed by atoms with Crippen LogP contribution in [0.25, 0.3) is 0 Å². The van der Waals surface area contributed by atoms with Crippen molar-refractivity contribution in [2.75, 3.05) is 19.8 Å². The van der Waals surface area contributed by atoms with Gasteiger partial charge in [-0.25, -0.2) is 0 Å². The molecule has 0 unspecified atom stereocenters. The molecule has 0 bridgehead atoms. The normalized spacial score (nSPS) is 11.4. The lowest BCUT2D eigenvalue weighted by Crippen LogP contribution is -2.30. The van der Waals surface area contributed by atoms with Gasteiger partial charge in [-0.3, -0.25) is 4.79 Å². The van der Waals surface area contributed by atoms with E-state index in [4.69, 9.17) is 5.73 Å². The fourth-order valence-corrected chi connectivity index (χ4v) is 1.62. The molecule has 0 radical (unpaired) electrons. The Balaban J connectivity index is 2.27. The first-order chi connectivity index (χ1) is 9.42. The Labute approximate surface area is 115 Å². The van der Waals surface area contributed by atoms with E-state index in [-0.39, 0.29) is 25.5 Å². The van der Waals surface area contributed by atoms with Gasteiger partial charge in [0.1, 0.15) is 6.61 Å².